The molecule has 0 spiro atoms. The lowest BCUT2D eigenvalue weighted by atomic mass is 10.2. The van der Waals surface area contributed by atoms with E-state index in [1.165, 1.54) is 47.7 Å². The average molecular weight is 427 g/mol. The van der Waals surface area contributed by atoms with Gasteiger partial charge in [-0.25, -0.2) is 4.39 Å². The lowest BCUT2D eigenvalue weighted by molar-refractivity contribution is -0.385. The van der Waals surface area contributed by atoms with Crippen molar-refractivity contribution in [1.29, 1.82) is 0 Å². The van der Waals surface area contributed by atoms with Crippen molar-refractivity contribution in [2.75, 3.05) is 5.32 Å². The number of aryl methyl sites for hydroxylation is 1. The van der Waals surface area contributed by atoms with Crippen LogP contribution < -0.4 is 5.32 Å². The summed E-state index contributed by atoms with van der Waals surface area (Å²) < 4.78 is 16.5. The Bertz CT molecular complexity index is 1070. The van der Waals surface area contributed by atoms with Crippen LogP contribution in [0.2, 0.25) is 10.0 Å². The van der Waals surface area contributed by atoms with Gasteiger partial charge in [-0.2, -0.15) is 10.2 Å². The predicted octanol–water partition coefficient (Wildman–Crippen LogP) is 3.58. The van der Waals surface area contributed by atoms with Gasteiger partial charge in [-0.15, -0.1) is 0 Å². The summed E-state index contributed by atoms with van der Waals surface area (Å²) in [6.07, 6.45) is 1.37. The zero-order chi connectivity index (χ0) is 20.6. The molecule has 1 N–H and O–H groups in total. The van der Waals surface area contributed by atoms with Crippen LogP contribution in [0.3, 0.4) is 0 Å². The number of hydrogen-bond acceptors (Lipinski definition) is 5. The van der Waals surface area contributed by atoms with Crippen molar-refractivity contribution in [3.8, 4) is 0 Å². The fraction of sp³-hybridized carbons (Fsp3) is 0.188. The monoisotopic (exact) mass is 426 g/mol. The Kier molecular flexibility index (Phi) is 5.34. The Morgan fingerprint density at radius 3 is 2.68 bits per heavy atom. The molecule has 2 heterocycles. The number of carbonyl (C=O) groups is 1. The topological polar surface area (TPSA) is 108 Å². The molecule has 0 saturated heterocycles. The maximum atomic E-state index is 13.9. The van der Waals surface area contributed by atoms with Gasteiger partial charge >= 0.3 is 5.69 Å². The van der Waals surface area contributed by atoms with Crippen molar-refractivity contribution in [2.24, 2.45) is 7.05 Å². The number of nitrogens with one attached hydrogen (secondary N) is 1. The van der Waals surface area contributed by atoms with Crippen molar-refractivity contribution in [1.82, 2.24) is 19.6 Å². The van der Waals surface area contributed by atoms with Crippen LogP contribution >= 0.6 is 23.2 Å². The van der Waals surface area contributed by atoms with E-state index in [2.05, 4.69) is 15.5 Å². The summed E-state index contributed by atoms with van der Waals surface area (Å²) in [5, 5.41) is 21.9. The summed E-state index contributed by atoms with van der Waals surface area (Å²) in [4.78, 5) is 23.0. The third-order valence-electron chi connectivity index (χ3n) is 4.03. The van der Waals surface area contributed by atoms with Crippen molar-refractivity contribution < 1.29 is 14.1 Å². The molecule has 0 bridgehead atoms. The van der Waals surface area contributed by atoms with Gasteiger partial charge in [0.25, 0.3) is 5.91 Å². The van der Waals surface area contributed by atoms with Gasteiger partial charge in [-0.05, 0) is 19.1 Å². The van der Waals surface area contributed by atoms with E-state index in [4.69, 9.17) is 23.2 Å². The minimum atomic E-state index is -0.841. The molecule has 3 aromatic rings. The van der Waals surface area contributed by atoms with Gasteiger partial charge in [-0.3, -0.25) is 24.3 Å². The van der Waals surface area contributed by atoms with E-state index in [-0.39, 0.29) is 39.4 Å². The van der Waals surface area contributed by atoms with Crippen LogP contribution in [-0.4, -0.2) is 30.4 Å². The first-order valence-corrected chi connectivity index (χ1v) is 8.59. The number of benzene rings is 1. The fourth-order valence-corrected chi connectivity index (χ4v) is 2.96. The number of nitro groups is 1. The summed E-state index contributed by atoms with van der Waals surface area (Å²) in [6.45, 7) is 1.45. The molecule has 0 aliphatic carbocycles. The molecular formula is C16H13Cl2FN6O3. The molecule has 0 unspecified atom stereocenters. The van der Waals surface area contributed by atoms with Crippen molar-refractivity contribution in [3.05, 3.63) is 67.3 Å². The van der Waals surface area contributed by atoms with E-state index in [1.54, 1.807) is 0 Å². The van der Waals surface area contributed by atoms with Gasteiger partial charge in [-0.1, -0.05) is 29.3 Å². The Morgan fingerprint density at radius 1 is 1.32 bits per heavy atom. The third-order valence-corrected chi connectivity index (χ3v) is 4.66. The quantitative estimate of drug-likeness (QED) is 0.495. The fourth-order valence-electron chi connectivity index (χ4n) is 2.54. The second-order valence-corrected chi connectivity index (χ2v) is 6.66. The van der Waals surface area contributed by atoms with Crippen LogP contribution in [0.25, 0.3) is 0 Å². The molecule has 0 saturated carbocycles. The van der Waals surface area contributed by atoms with E-state index in [9.17, 15) is 19.3 Å². The highest BCUT2D eigenvalue weighted by Gasteiger charge is 2.29. The van der Waals surface area contributed by atoms with E-state index >= 15 is 0 Å². The maximum absolute atomic E-state index is 13.9. The third kappa shape index (κ3) is 3.69. The van der Waals surface area contributed by atoms with E-state index in [1.807, 2.05) is 0 Å². The molecule has 0 atom stereocenters. The predicted molar refractivity (Wildman–Crippen MR) is 100 cm³/mol. The second-order valence-electron chi connectivity index (χ2n) is 5.84. The van der Waals surface area contributed by atoms with Gasteiger partial charge in [0.1, 0.15) is 16.5 Å². The van der Waals surface area contributed by atoms with Crippen LogP contribution in [0.4, 0.5) is 15.9 Å². The lowest BCUT2D eigenvalue weighted by Crippen LogP contribution is -2.15. The Balaban J connectivity index is 1.86. The molecule has 0 aliphatic rings. The SMILES string of the molecule is Cc1c([N+](=O)[O-])c(C(=O)Nc2nn(Cc3c(F)cccc3Cl)cc2Cl)nn1C. The highest BCUT2D eigenvalue weighted by Crippen LogP contribution is 2.26. The van der Waals surface area contributed by atoms with Crippen LogP contribution in [-0.2, 0) is 13.6 Å². The minimum Gasteiger partial charge on any atom is -0.302 e. The summed E-state index contributed by atoms with van der Waals surface area (Å²) in [7, 11) is 1.49. The highest BCUT2D eigenvalue weighted by atomic mass is 35.5. The first-order chi connectivity index (χ1) is 13.2. The molecule has 0 radical (unpaired) electrons. The van der Waals surface area contributed by atoms with E-state index < -0.39 is 22.3 Å². The molecule has 9 nitrogen and oxygen atoms in total. The second kappa shape index (κ2) is 7.56. The molecule has 0 fully saturated rings. The van der Waals surface area contributed by atoms with Crippen LogP contribution in [0.15, 0.2) is 24.4 Å². The van der Waals surface area contributed by atoms with Gasteiger partial charge < -0.3 is 5.32 Å². The maximum Gasteiger partial charge on any atom is 0.322 e. The van der Waals surface area contributed by atoms with Gasteiger partial charge in [0.05, 0.1) is 11.5 Å². The molecule has 0 aliphatic heterocycles. The summed E-state index contributed by atoms with van der Waals surface area (Å²) in [5.41, 5.74) is -0.348. The summed E-state index contributed by atoms with van der Waals surface area (Å²) >= 11 is 12.1. The molecule has 3 rings (SSSR count). The van der Waals surface area contributed by atoms with Crippen LogP contribution in [0.1, 0.15) is 21.7 Å². The molecule has 1 aromatic carbocycles. The molecular weight excluding hydrogens is 414 g/mol. The first-order valence-electron chi connectivity index (χ1n) is 7.84. The molecule has 28 heavy (non-hydrogen) atoms. The van der Waals surface area contributed by atoms with Crippen molar-refractivity contribution >= 4 is 40.6 Å². The zero-order valence-electron chi connectivity index (χ0n) is 14.6. The van der Waals surface area contributed by atoms with Crippen LogP contribution in [0, 0.1) is 22.9 Å². The summed E-state index contributed by atoms with van der Waals surface area (Å²) in [6, 6.07) is 4.28. The first kappa shape index (κ1) is 19.8. The number of carbonyl (C=O) groups excluding carboxylic acids is 1. The van der Waals surface area contributed by atoms with Gasteiger partial charge in [0.15, 0.2) is 5.82 Å². The molecule has 2 aromatic heterocycles. The van der Waals surface area contributed by atoms with Crippen LogP contribution in [0.5, 0.6) is 0 Å². The highest BCUT2D eigenvalue weighted by molar-refractivity contribution is 6.33. The number of hydrogen-bond donors (Lipinski definition) is 1. The normalized spacial score (nSPS) is 10.9. The van der Waals surface area contributed by atoms with Crippen molar-refractivity contribution in [2.45, 2.75) is 13.5 Å². The Labute approximate surface area is 167 Å². The van der Waals surface area contributed by atoms with Gasteiger partial charge in [0, 0.05) is 23.8 Å². The average Bonchev–Trinajstić information content (AvgIpc) is 3.11. The van der Waals surface area contributed by atoms with Gasteiger partial charge in [0.2, 0.25) is 5.69 Å². The van der Waals surface area contributed by atoms with Crippen molar-refractivity contribution in [3.63, 3.8) is 0 Å². The largest absolute Gasteiger partial charge is 0.322 e. The zero-order valence-corrected chi connectivity index (χ0v) is 16.1. The number of aromatic nitrogens is 4. The van der Waals surface area contributed by atoms with E-state index in [0.29, 0.717) is 0 Å². The smallest absolute Gasteiger partial charge is 0.302 e. The number of anilines is 1. The molecule has 12 heteroatoms. The standard InChI is InChI=1S/C16H13Cl2FN6O3/c1-8-14(25(27)28)13(21-23(8)2)16(26)20-15-11(18)7-24(22-15)6-9-10(17)4-3-5-12(9)19/h3-5,7H,6H2,1-2H3,(H,20,22,26). The number of halogens is 3. The number of nitrogens with zero attached hydrogens (tertiary/aromatic N) is 5. The molecule has 1 amide bonds. The molecule has 146 valence electrons. The minimum absolute atomic E-state index is 0.0239. The number of amides is 1. The van der Waals surface area contributed by atoms with E-state index in [0.717, 1.165) is 0 Å². The lowest BCUT2D eigenvalue weighted by Gasteiger charge is -2.05. The number of rotatable bonds is 5. The Hall–Kier alpha value is -2.98. The summed E-state index contributed by atoms with van der Waals surface area (Å²) in [5.74, 6) is -1.40. The Morgan fingerprint density at radius 2 is 2.04 bits per heavy atom.